The molecule has 0 bridgehead atoms. The van der Waals surface area contributed by atoms with Crippen molar-refractivity contribution in [3.05, 3.63) is 0 Å². The molecule has 0 unspecified atom stereocenters. The fourth-order valence-electron chi connectivity index (χ4n) is 0.597. The van der Waals surface area contributed by atoms with Gasteiger partial charge in [0, 0.05) is 6.42 Å². The van der Waals surface area contributed by atoms with E-state index in [9.17, 15) is 4.79 Å². The number of carboxylic acid groups (broad SMARTS) is 1. The SMILES string of the molecule is [B]CCCCCC(=O)O. The van der Waals surface area contributed by atoms with Crippen LogP contribution >= 0.6 is 0 Å². The summed E-state index contributed by atoms with van der Waals surface area (Å²) in [6, 6.07) is 0. The van der Waals surface area contributed by atoms with Crippen LogP contribution < -0.4 is 0 Å². The number of hydrogen-bond donors (Lipinski definition) is 1. The molecule has 0 spiro atoms. The third-order valence-corrected chi connectivity index (χ3v) is 1.09. The Kier molecular flexibility index (Phi) is 5.37. The van der Waals surface area contributed by atoms with E-state index in [1.54, 1.807) is 0 Å². The minimum Gasteiger partial charge on any atom is -0.481 e. The predicted molar refractivity (Wildman–Crippen MR) is 36.7 cm³/mol. The lowest BCUT2D eigenvalue weighted by atomic mass is 9.99. The first-order chi connectivity index (χ1) is 4.27. The van der Waals surface area contributed by atoms with E-state index in [0.717, 1.165) is 19.3 Å². The van der Waals surface area contributed by atoms with Crippen molar-refractivity contribution in [1.29, 1.82) is 0 Å². The van der Waals surface area contributed by atoms with Crippen LogP contribution in [0.2, 0.25) is 6.32 Å². The lowest BCUT2D eigenvalue weighted by Gasteiger charge is -1.93. The van der Waals surface area contributed by atoms with E-state index < -0.39 is 5.97 Å². The first-order valence-corrected chi connectivity index (χ1v) is 3.19. The molecule has 0 fully saturated rings. The topological polar surface area (TPSA) is 37.3 Å². The van der Waals surface area contributed by atoms with E-state index in [-0.39, 0.29) is 6.42 Å². The van der Waals surface area contributed by atoms with Crippen molar-refractivity contribution < 1.29 is 9.90 Å². The Balaban J connectivity index is 2.83. The van der Waals surface area contributed by atoms with Crippen LogP contribution in [0.3, 0.4) is 0 Å². The molecule has 50 valence electrons. The molecule has 2 radical (unpaired) electrons. The molecular formula is C6H11BO2. The van der Waals surface area contributed by atoms with Gasteiger partial charge in [-0.25, -0.2) is 0 Å². The van der Waals surface area contributed by atoms with Gasteiger partial charge in [-0.15, -0.1) is 0 Å². The van der Waals surface area contributed by atoms with Gasteiger partial charge in [0.25, 0.3) is 0 Å². The molecule has 0 aliphatic heterocycles. The van der Waals surface area contributed by atoms with E-state index in [0.29, 0.717) is 6.32 Å². The van der Waals surface area contributed by atoms with Gasteiger partial charge >= 0.3 is 5.97 Å². The summed E-state index contributed by atoms with van der Waals surface area (Å²) >= 11 is 0. The summed E-state index contributed by atoms with van der Waals surface area (Å²) in [6.07, 6.45) is 3.57. The van der Waals surface area contributed by atoms with Gasteiger partial charge in [-0.2, -0.15) is 0 Å². The molecule has 3 heteroatoms. The van der Waals surface area contributed by atoms with Gasteiger partial charge < -0.3 is 5.11 Å². The van der Waals surface area contributed by atoms with Crippen LogP contribution in [0.5, 0.6) is 0 Å². The summed E-state index contributed by atoms with van der Waals surface area (Å²) in [5.41, 5.74) is 0. The maximum Gasteiger partial charge on any atom is 0.303 e. The molecule has 0 saturated carbocycles. The van der Waals surface area contributed by atoms with Crippen molar-refractivity contribution in [3.8, 4) is 0 Å². The lowest BCUT2D eigenvalue weighted by molar-refractivity contribution is -0.137. The third kappa shape index (κ3) is 7.53. The lowest BCUT2D eigenvalue weighted by Crippen LogP contribution is -1.93. The van der Waals surface area contributed by atoms with E-state index >= 15 is 0 Å². The van der Waals surface area contributed by atoms with E-state index in [1.165, 1.54) is 0 Å². The van der Waals surface area contributed by atoms with Gasteiger partial charge in [0.05, 0.1) is 7.85 Å². The van der Waals surface area contributed by atoms with Crippen LogP contribution in [0.4, 0.5) is 0 Å². The zero-order valence-corrected chi connectivity index (χ0v) is 5.47. The van der Waals surface area contributed by atoms with E-state index in [2.05, 4.69) is 0 Å². The number of carbonyl (C=O) groups is 1. The highest BCUT2D eigenvalue weighted by molar-refractivity contribution is 6.08. The van der Waals surface area contributed by atoms with Gasteiger partial charge in [0.2, 0.25) is 0 Å². The zero-order valence-electron chi connectivity index (χ0n) is 5.47. The maximum absolute atomic E-state index is 9.93. The quantitative estimate of drug-likeness (QED) is 0.444. The summed E-state index contributed by atoms with van der Waals surface area (Å²) < 4.78 is 0. The van der Waals surface area contributed by atoms with Crippen molar-refractivity contribution in [2.45, 2.75) is 32.0 Å². The van der Waals surface area contributed by atoms with Crippen LogP contribution in [0.25, 0.3) is 0 Å². The minimum atomic E-state index is -0.716. The summed E-state index contributed by atoms with van der Waals surface area (Å²) in [4.78, 5) is 9.93. The highest BCUT2D eigenvalue weighted by Crippen LogP contribution is 2.00. The molecule has 0 atom stereocenters. The molecular weight excluding hydrogens is 115 g/mol. The smallest absolute Gasteiger partial charge is 0.303 e. The van der Waals surface area contributed by atoms with Gasteiger partial charge in [-0.1, -0.05) is 19.2 Å². The Morgan fingerprint density at radius 3 is 2.44 bits per heavy atom. The Morgan fingerprint density at radius 1 is 1.33 bits per heavy atom. The highest BCUT2D eigenvalue weighted by atomic mass is 16.4. The van der Waals surface area contributed by atoms with Gasteiger partial charge in [-0.05, 0) is 6.42 Å². The van der Waals surface area contributed by atoms with Gasteiger partial charge in [0.1, 0.15) is 0 Å². The molecule has 2 nitrogen and oxygen atoms in total. The van der Waals surface area contributed by atoms with Gasteiger partial charge in [-0.3, -0.25) is 4.79 Å². The Labute approximate surface area is 56.7 Å². The fourth-order valence-corrected chi connectivity index (χ4v) is 0.597. The summed E-state index contributed by atoms with van der Waals surface area (Å²) in [5.74, 6) is -0.716. The molecule has 9 heavy (non-hydrogen) atoms. The molecule has 0 aromatic carbocycles. The largest absolute Gasteiger partial charge is 0.481 e. The van der Waals surface area contributed by atoms with Crippen molar-refractivity contribution in [2.24, 2.45) is 0 Å². The Hall–Kier alpha value is -0.465. The maximum atomic E-state index is 9.93. The average molecular weight is 126 g/mol. The third-order valence-electron chi connectivity index (χ3n) is 1.09. The second-order valence-electron chi connectivity index (χ2n) is 1.99. The zero-order chi connectivity index (χ0) is 7.11. The molecule has 0 heterocycles. The molecule has 0 aromatic heterocycles. The molecule has 0 aromatic rings. The van der Waals surface area contributed by atoms with E-state index in [4.69, 9.17) is 13.0 Å². The van der Waals surface area contributed by atoms with Crippen molar-refractivity contribution >= 4 is 13.8 Å². The normalized spacial score (nSPS) is 9.33. The highest BCUT2D eigenvalue weighted by Gasteiger charge is 1.93. The van der Waals surface area contributed by atoms with Gasteiger partial charge in [0.15, 0.2) is 0 Å². The Bertz CT molecular complexity index is 83.1. The van der Waals surface area contributed by atoms with Crippen molar-refractivity contribution in [3.63, 3.8) is 0 Å². The summed E-state index contributed by atoms with van der Waals surface area (Å²) in [7, 11) is 5.20. The molecule has 0 aliphatic rings. The first-order valence-electron chi connectivity index (χ1n) is 3.19. The molecule has 0 saturated heterocycles. The van der Waals surface area contributed by atoms with Crippen molar-refractivity contribution in [1.82, 2.24) is 0 Å². The summed E-state index contributed by atoms with van der Waals surface area (Å²) in [6.45, 7) is 0. The summed E-state index contributed by atoms with van der Waals surface area (Å²) in [5, 5.41) is 8.18. The number of rotatable bonds is 5. The van der Waals surface area contributed by atoms with Crippen LogP contribution in [0.1, 0.15) is 25.7 Å². The van der Waals surface area contributed by atoms with Crippen LogP contribution in [-0.2, 0) is 4.79 Å². The molecule has 0 aliphatic carbocycles. The molecule has 0 rings (SSSR count). The number of carboxylic acids is 1. The van der Waals surface area contributed by atoms with Crippen LogP contribution in [0.15, 0.2) is 0 Å². The fraction of sp³-hybridized carbons (Fsp3) is 0.833. The second kappa shape index (κ2) is 5.67. The Morgan fingerprint density at radius 2 is 2.00 bits per heavy atom. The second-order valence-corrected chi connectivity index (χ2v) is 1.99. The molecule has 1 N–H and O–H groups in total. The predicted octanol–water partition coefficient (Wildman–Crippen LogP) is 1.22. The van der Waals surface area contributed by atoms with Crippen LogP contribution in [-0.4, -0.2) is 18.9 Å². The average Bonchev–Trinajstić information content (AvgIpc) is 1.80. The monoisotopic (exact) mass is 126 g/mol. The van der Waals surface area contributed by atoms with E-state index in [1.807, 2.05) is 0 Å². The number of hydrogen-bond acceptors (Lipinski definition) is 1. The standard InChI is InChI=1S/C6H11BO2/c7-5-3-1-2-4-6(8)9/h1-5H2,(H,8,9). The van der Waals surface area contributed by atoms with Crippen molar-refractivity contribution in [2.75, 3.05) is 0 Å². The first kappa shape index (κ1) is 8.53. The number of unbranched alkanes of at least 4 members (excludes halogenated alkanes) is 2. The van der Waals surface area contributed by atoms with Crippen LogP contribution in [0, 0.1) is 0 Å². The minimum absolute atomic E-state index is 0.278. The number of aliphatic carboxylic acids is 1. The molecule has 0 amide bonds.